The maximum absolute atomic E-state index is 12.8. The molecular weight excluding hydrogens is 372 g/mol. The van der Waals surface area contributed by atoms with E-state index in [1.165, 1.54) is 12.1 Å². The fourth-order valence-electron chi connectivity index (χ4n) is 3.35. The molecule has 3 aromatic rings. The number of hydrogen-bond donors (Lipinski definition) is 1. The Labute approximate surface area is 156 Å². The summed E-state index contributed by atoms with van der Waals surface area (Å²) < 4.78 is 25.6. The number of sulfone groups is 1. The second kappa shape index (κ2) is 6.45. The van der Waals surface area contributed by atoms with E-state index in [0.717, 1.165) is 10.9 Å². The van der Waals surface area contributed by atoms with E-state index in [1.54, 1.807) is 29.2 Å². The molecule has 0 bridgehead atoms. The number of benzene rings is 2. The number of nitrogens with zero attached hydrogens (tertiary/aromatic N) is 1. The number of halogens is 1. The van der Waals surface area contributed by atoms with Crippen molar-refractivity contribution in [1.82, 2.24) is 9.88 Å². The second-order valence-electron chi connectivity index (χ2n) is 6.44. The zero-order valence-electron chi connectivity index (χ0n) is 13.9. The Hall–Kier alpha value is -2.31. The van der Waals surface area contributed by atoms with Crippen LogP contribution in [0.5, 0.6) is 0 Å². The molecule has 1 fully saturated rings. The van der Waals surface area contributed by atoms with E-state index >= 15 is 0 Å². The van der Waals surface area contributed by atoms with Crippen LogP contribution in [0.3, 0.4) is 0 Å². The van der Waals surface area contributed by atoms with Crippen molar-refractivity contribution in [3.63, 3.8) is 0 Å². The van der Waals surface area contributed by atoms with Crippen LogP contribution in [-0.2, 0) is 9.84 Å². The van der Waals surface area contributed by atoms with E-state index in [9.17, 15) is 13.2 Å². The van der Waals surface area contributed by atoms with Crippen molar-refractivity contribution >= 4 is 38.2 Å². The van der Waals surface area contributed by atoms with Gasteiger partial charge in [0.25, 0.3) is 5.91 Å². The lowest BCUT2D eigenvalue weighted by molar-refractivity contribution is 0.0793. The molecule has 1 N–H and O–H groups in total. The van der Waals surface area contributed by atoms with Crippen molar-refractivity contribution in [2.45, 2.75) is 16.6 Å². The van der Waals surface area contributed by atoms with Gasteiger partial charge in [-0.05, 0) is 54.3 Å². The lowest BCUT2D eigenvalue weighted by Gasteiger charge is -2.17. The molecule has 7 heteroatoms. The van der Waals surface area contributed by atoms with E-state index in [1.807, 2.05) is 18.3 Å². The molecule has 134 valence electrons. The van der Waals surface area contributed by atoms with E-state index in [0.29, 0.717) is 23.6 Å². The quantitative estimate of drug-likeness (QED) is 0.746. The first kappa shape index (κ1) is 17.1. The molecule has 1 atom stereocenters. The molecule has 4 rings (SSSR count). The topological polar surface area (TPSA) is 70.2 Å². The Kier molecular flexibility index (Phi) is 4.25. The third-order valence-electron chi connectivity index (χ3n) is 4.82. The van der Waals surface area contributed by atoms with E-state index in [4.69, 9.17) is 11.6 Å². The fraction of sp³-hybridized carbons (Fsp3) is 0.211. The largest absolute Gasteiger partial charge is 0.361 e. The van der Waals surface area contributed by atoms with Gasteiger partial charge in [-0.2, -0.15) is 0 Å². The fourth-order valence-corrected chi connectivity index (χ4v) is 5.16. The standard InChI is InChI=1S/C19H17ClN2O3S/c20-15-3-5-16(6-4-15)26(24,25)17-8-10-22(12-17)19(23)14-2-1-13-7-9-21-18(13)11-14/h1-7,9,11,17,21H,8,10,12H2. The number of rotatable bonds is 3. The highest BCUT2D eigenvalue weighted by atomic mass is 35.5. The number of fused-ring (bicyclic) bond motifs is 1. The van der Waals surface area contributed by atoms with E-state index < -0.39 is 15.1 Å². The molecule has 5 nitrogen and oxygen atoms in total. The molecular formula is C19H17ClN2O3S. The number of likely N-dealkylation sites (tertiary alicyclic amines) is 1. The summed E-state index contributed by atoms with van der Waals surface area (Å²) in [5, 5.41) is 0.930. The minimum absolute atomic E-state index is 0.143. The summed E-state index contributed by atoms with van der Waals surface area (Å²) in [6.45, 7) is 0.631. The van der Waals surface area contributed by atoms with Gasteiger partial charge in [0.05, 0.1) is 10.1 Å². The Balaban J connectivity index is 1.54. The minimum atomic E-state index is -3.49. The predicted molar refractivity (Wildman–Crippen MR) is 101 cm³/mol. The molecule has 0 spiro atoms. The van der Waals surface area contributed by atoms with Crippen LogP contribution in [0.1, 0.15) is 16.8 Å². The lowest BCUT2D eigenvalue weighted by Crippen LogP contribution is -2.31. The van der Waals surface area contributed by atoms with Crippen LogP contribution in [0.25, 0.3) is 10.9 Å². The molecule has 1 aromatic heterocycles. The Morgan fingerprint density at radius 1 is 1.12 bits per heavy atom. The number of amides is 1. The van der Waals surface area contributed by atoms with Gasteiger partial charge in [-0.3, -0.25) is 4.79 Å². The van der Waals surface area contributed by atoms with Crippen molar-refractivity contribution < 1.29 is 13.2 Å². The average Bonchev–Trinajstić information content (AvgIpc) is 3.30. The number of carbonyl (C=O) groups excluding carboxylic acids is 1. The number of aromatic amines is 1. The van der Waals surface area contributed by atoms with E-state index in [-0.39, 0.29) is 17.3 Å². The monoisotopic (exact) mass is 388 g/mol. The molecule has 1 saturated heterocycles. The van der Waals surface area contributed by atoms with Gasteiger partial charge in [-0.25, -0.2) is 8.42 Å². The number of nitrogens with one attached hydrogen (secondary N) is 1. The predicted octanol–water partition coefficient (Wildman–Crippen LogP) is 3.51. The van der Waals surface area contributed by atoms with Crippen molar-refractivity contribution in [1.29, 1.82) is 0 Å². The maximum Gasteiger partial charge on any atom is 0.253 e. The van der Waals surface area contributed by atoms with Crippen LogP contribution in [0.4, 0.5) is 0 Å². The van der Waals surface area contributed by atoms with Crippen LogP contribution in [0.2, 0.25) is 5.02 Å². The van der Waals surface area contributed by atoms with Crippen LogP contribution in [0.15, 0.2) is 59.6 Å². The highest BCUT2D eigenvalue weighted by molar-refractivity contribution is 7.92. The molecule has 2 aromatic carbocycles. The highest BCUT2D eigenvalue weighted by Gasteiger charge is 2.36. The third kappa shape index (κ3) is 2.99. The highest BCUT2D eigenvalue weighted by Crippen LogP contribution is 2.26. The van der Waals surface area contributed by atoms with Crippen LogP contribution in [0, 0.1) is 0 Å². The summed E-state index contributed by atoms with van der Waals surface area (Å²) in [7, 11) is -3.49. The van der Waals surface area contributed by atoms with Crippen LogP contribution >= 0.6 is 11.6 Å². The van der Waals surface area contributed by atoms with Gasteiger partial charge in [0.2, 0.25) is 0 Å². The summed E-state index contributed by atoms with van der Waals surface area (Å²) >= 11 is 5.84. The smallest absolute Gasteiger partial charge is 0.253 e. The first-order valence-electron chi connectivity index (χ1n) is 8.31. The lowest BCUT2D eigenvalue weighted by atomic mass is 10.1. The zero-order valence-corrected chi connectivity index (χ0v) is 15.4. The molecule has 0 radical (unpaired) electrons. The number of carbonyl (C=O) groups is 1. The van der Waals surface area contributed by atoms with Gasteiger partial charge < -0.3 is 9.88 Å². The number of hydrogen-bond acceptors (Lipinski definition) is 3. The van der Waals surface area contributed by atoms with Gasteiger partial charge in [0.15, 0.2) is 9.84 Å². The van der Waals surface area contributed by atoms with Gasteiger partial charge in [-0.15, -0.1) is 0 Å². The minimum Gasteiger partial charge on any atom is -0.361 e. The third-order valence-corrected chi connectivity index (χ3v) is 7.26. The van der Waals surface area contributed by atoms with Gasteiger partial charge in [0, 0.05) is 35.4 Å². The molecule has 0 aliphatic carbocycles. The molecule has 26 heavy (non-hydrogen) atoms. The summed E-state index contributed by atoms with van der Waals surface area (Å²) in [6.07, 6.45) is 2.25. The molecule has 1 aliphatic heterocycles. The molecule has 1 aliphatic rings. The zero-order chi connectivity index (χ0) is 18.3. The van der Waals surface area contributed by atoms with Crippen molar-refractivity contribution in [3.05, 3.63) is 65.3 Å². The van der Waals surface area contributed by atoms with Gasteiger partial charge in [0.1, 0.15) is 0 Å². The maximum atomic E-state index is 12.8. The Morgan fingerprint density at radius 3 is 2.65 bits per heavy atom. The average molecular weight is 389 g/mol. The second-order valence-corrected chi connectivity index (χ2v) is 9.11. The summed E-state index contributed by atoms with van der Waals surface area (Å²) in [6, 6.07) is 13.6. The molecule has 0 saturated carbocycles. The number of H-pyrrole nitrogens is 1. The van der Waals surface area contributed by atoms with Crippen molar-refractivity contribution in [2.24, 2.45) is 0 Å². The Morgan fingerprint density at radius 2 is 1.88 bits per heavy atom. The molecule has 1 amide bonds. The normalized spacial score (nSPS) is 17.7. The molecule has 1 unspecified atom stereocenters. The summed E-state index contributed by atoms with van der Waals surface area (Å²) in [4.78, 5) is 17.7. The van der Waals surface area contributed by atoms with Crippen LogP contribution < -0.4 is 0 Å². The van der Waals surface area contributed by atoms with E-state index in [2.05, 4.69) is 4.98 Å². The van der Waals surface area contributed by atoms with Gasteiger partial charge in [-0.1, -0.05) is 17.7 Å². The van der Waals surface area contributed by atoms with Gasteiger partial charge >= 0.3 is 0 Å². The SMILES string of the molecule is O=C(c1ccc2cc[nH]c2c1)N1CCC(S(=O)(=O)c2ccc(Cl)cc2)C1. The van der Waals surface area contributed by atoms with Crippen molar-refractivity contribution in [2.75, 3.05) is 13.1 Å². The summed E-state index contributed by atoms with van der Waals surface area (Å²) in [5.41, 5.74) is 1.45. The summed E-state index contributed by atoms with van der Waals surface area (Å²) in [5.74, 6) is -0.143. The first-order valence-corrected chi connectivity index (χ1v) is 10.2. The first-order chi connectivity index (χ1) is 12.4. The molecule has 2 heterocycles. The number of aromatic nitrogens is 1. The van der Waals surface area contributed by atoms with Crippen LogP contribution in [-0.4, -0.2) is 42.5 Å². The van der Waals surface area contributed by atoms with Crippen molar-refractivity contribution in [3.8, 4) is 0 Å². The Bertz CT molecular complexity index is 1070.